The van der Waals surface area contributed by atoms with Crippen molar-refractivity contribution >= 4 is 11.7 Å². The Morgan fingerprint density at radius 3 is 2.80 bits per heavy atom. The smallest absolute Gasteiger partial charge is 0.457 e. The first kappa shape index (κ1) is 8.34. The van der Waals surface area contributed by atoms with Crippen LogP contribution in [0.1, 0.15) is 6.92 Å². The van der Waals surface area contributed by atoms with Crippen molar-refractivity contribution in [1.29, 1.82) is 5.26 Å². The minimum atomic E-state index is -0.910. The molecule has 0 amide bonds. The quantitative estimate of drug-likeness (QED) is 0.228. The molecule has 0 aliphatic rings. The predicted molar refractivity (Wildman–Crippen MR) is 30.9 cm³/mol. The normalized spacial score (nSPS) is 7.20. The van der Waals surface area contributed by atoms with Gasteiger partial charge < -0.3 is 10.3 Å². The van der Waals surface area contributed by atoms with E-state index in [1.54, 1.807) is 6.92 Å². The number of hydrogen-bond acceptors (Lipinski definition) is 3. The summed E-state index contributed by atoms with van der Waals surface area (Å²) in [5.74, 6) is -0.910. The van der Waals surface area contributed by atoms with Crippen LogP contribution in [0.2, 0.25) is 0 Å². The Bertz CT molecular complexity index is 222. The van der Waals surface area contributed by atoms with Crippen LogP contribution in [0.5, 0.6) is 0 Å². The van der Waals surface area contributed by atoms with Gasteiger partial charge in [-0.1, -0.05) is 0 Å². The topological polar surface area (TPSA) is 86.5 Å². The number of nitriles is 1. The van der Waals surface area contributed by atoms with Crippen LogP contribution in [0.3, 0.4) is 0 Å². The maximum absolute atomic E-state index is 10.5. The van der Waals surface area contributed by atoms with E-state index in [0.29, 0.717) is 0 Å². The van der Waals surface area contributed by atoms with E-state index in [-0.39, 0.29) is 6.61 Å². The molecule has 0 fully saturated rings. The van der Waals surface area contributed by atoms with E-state index in [9.17, 15) is 4.79 Å². The van der Waals surface area contributed by atoms with E-state index in [2.05, 4.69) is 9.53 Å². The molecular formula is C5H5N3O2. The van der Waals surface area contributed by atoms with Crippen molar-refractivity contribution in [3.63, 3.8) is 0 Å². The third-order valence-electron chi connectivity index (χ3n) is 0.675. The van der Waals surface area contributed by atoms with Crippen molar-refractivity contribution in [2.24, 2.45) is 0 Å². The van der Waals surface area contributed by atoms with Crippen LogP contribution in [-0.4, -0.2) is 23.1 Å². The number of nitrogens with zero attached hydrogens (tertiary/aromatic N) is 3. The zero-order chi connectivity index (χ0) is 7.98. The van der Waals surface area contributed by atoms with Crippen LogP contribution in [0.4, 0.5) is 0 Å². The zero-order valence-electron chi connectivity index (χ0n) is 5.37. The lowest BCUT2D eigenvalue weighted by molar-refractivity contribution is -0.139. The summed E-state index contributed by atoms with van der Waals surface area (Å²) in [6.45, 7) is 1.74. The Balaban J connectivity index is 4.23. The molecule has 5 nitrogen and oxygen atoms in total. The second-order valence-electron chi connectivity index (χ2n) is 1.28. The highest BCUT2D eigenvalue weighted by Gasteiger charge is 2.19. The van der Waals surface area contributed by atoms with Crippen molar-refractivity contribution in [3.8, 4) is 6.07 Å². The average molecular weight is 139 g/mol. The molecule has 52 valence electrons. The molecule has 0 aliphatic heterocycles. The van der Waals surface area contributed by atoms with Gasteiger partial charge in [-0.15, -0.1) is 4.79 Å². The first-order valence-corrected chi connectivity index (χ1v) is 2.55. The molecule has 0 N–H and O–H groups in total. The van der Waals surface area contributed by atoms with Gasteiger partial charge >= 0.3 is 11.7 Å². The van der Waals surface area contributed by atoms with E-state index < -0.39 is 11.7 Å². The molecule has 0 saturated heterocycles. The number of ether oxygens (including phenoxy) is 1. The van der Waals surface area contributed by atoms with Gasteiger partial charge in [0.25, 0.3) is 0 Å². The van der Waals surface area contributed by atoms with Crippen molar-refractivity contribution in [3.05, 3.63) is 5.53 Å². The molecule has 0 rings (SSSR count). The predicted octanol–water partition coefficient (Wildman–Crippen LogP) is -0.256. The summed E-state index contributed by atoms with van der Waals surface area (Å²) in [6, 6.07) is 1.36. The van der Waals surface area contributed by atoms with Crippen LogP contribution in [-0.2, 0) is 9.53 Å². The highest BCUT2D eigenvalue weighted by atomic mass is 16.5. The van der Waals surface area contributed by atoms with Gasteiger partial charge in [-0.05, 0) is 6.92 Å². The SMILES string of the molecule is CCOC(=O)C(C#N)=[N+]=[N-]. The fourth-order valence-electron chi connectivity index (χ4n) is 0.308. The Morgan fingerprint density at radius 2 is 2.50 bits per heavy atom. The Labute approximate surface area is 57.4 Å². The molecule has 0 aromatic carbocycles. The van der Waals surface area contributed by atoms with Gasteiger partial charge in [-0.3, -0.25) is 0 Å². The van der Waals surface area contributed by atoms with Crippen molar-refractivity contribution in [1.82, 2.24) is 0 Å². The largest absolute Gasteiger partial charge is 0.475 e. The summed E-state index contributed by atoms with van der Waals surface area (Å²) in [4.78, 5) is 12.9. The fourth-order valence-corrected chi connectivity index (χ4v) is 0.308. The summed E-state index contributed by atoms with van der Waals surface area (Å²) in [5, 5.41) is 8.08. The van der Waals surface area contributed by atoms with E-state index in [4.69, 9.17) is 10.8 Å². The number of carbonyl (C=O) groups is 1. The number of esters is 1. The molecule has 5 heteroatoms. The summed E-state index contributed by atoms with van der Waals surface area (Å²) in [7, 11) is 0. The maximum atomic E-state index is 10.5. The number of carbonyl (C=O) groups excluding carboxylic acids is 1. The Kier molecular flexibility index (Phi) is 3.54. The lowest BCUT2D eigenvalue weighted by atomic mass is 10.4. The first-order chi connectivity index (χ1) is 4.76. The lowest BCUT2D eigenvalue weighted by Gasteiger charge is -1.89. The molecule has 0 bridgehead atoms. The zero-order valence-corrected chi connectivity index (χ0v) is 5.37. The van der Waals surface area contributed by atoms with E-state index in [1.807, 2.05) is 0 Å². The number of hydrogen-bond donors (Lipinski definition) is 0. The van der Waals surface area contributed by atoms with Gasteiger partial charge in [-0.25, -0.2) is 4.79 Å². The standard InChI is InChI=1S/C5H5N3O2/c1-2-10-5(9)4(3-6)8-7/h2H2,1H3. The minimum Gasteiger partial charge on any atom is -0.457 e. The van der Waals surface area contributed by atoms with Gasteiger partial charge in [0.2, 0.25) is 0 Å². The highest BCUT2D eigenvalue weighted by molar-refractivity contribution is 6.40. The van der Waals surface area contributed by atoms with Gasteiger partial charge in [0.1, 0.15) is 0 Å². The molecule has 10 heavy (non-hydrogen) atoms. The molecule has 0 aromatic rings. The van der Waals surface area contributed by atoms with Gasteiger partial charge in [-0.2, -0.15) is 5.26 Å². The first-order valence-electron chi connectivity index (χ1n) is 2.55. The molecule has 0 heterocycles. The van der Waals surface area contributed by atoms with Gasteiger partial charge in [0.05, 0.1) is 6.61 Å². The van der Waals surface area contributed by atoms with Crippen LogP contribution >= 0.6 is 0 Å². The Hall–Kier alpha value is -1.66. The second-order valence-corrected chi connectivity index (χ2v) is 1.28. The van der Waals surface area contributed by atoms with E-state index >= 15 is 0 Å². The van der Waals surface area contributed by atoms with Gasteiger partial charge in [0.15, 0.2) is 6.07 Å². The third kappa shape index (κ3) is 2.07. The molecule has 0 radical (unpaired) electrons. The van der Waals surface area contributed by atoms with Crippen LogP contribution < -0.4 is 0 Å². The summed E-state index contributed by atoms with van der Waals surface area (Å²) in [6.07, 6.45) is 0. The van der Waals surface area contributed by atoms with Crippen LogP contribution in [0.15, 0.2) is 0 Å². The average Bonchev–Trinajstić information content (AvgIpc) is 1.91. The maximum Gasteiger partial charge on any atom is 0.475 e. The second kappa shape index (κ2) is 4.24. The fraction of sp³-hybridized carbons (Fsp3) is 0.400. The third-order valence-corrected chi connectivity index (χ3v) is 0.675. The number of rotatable bonds is 2. The molecule has 0 saturated carbocycles. The minimum absolute atomic E-state index is 0.152. The van der Waals surface area contributed by atoms with Crippen LogP contribution in [0, 0.1) is 11.3 Å². The molecule has 0 aromatic heterocycles. The highest BCUT2D eigenvalue weighted by Crippen LogP contribution is 1.78. The molecule has 0 atom stereocenters. The summed E-state index contributed by atoms with van der Waals surface area (Å²) >= 11 is 0. The van der Waals surface area contributed by atoms with Crippen LogP contribution in [0.25, 0.3) is 5.53 Å². The molecule has 0 spiro atoms. The van der Waals surface area contributed by atoms with Crippen molar-refractivity contribution in [2.45, 2.75) is 6.92 Å². The van der Waals surface area contributed by atoms with Crippen molar-refractivity contribution in [2.75, 3.05) is 6.61 Å². The van der Waals surface area contributed by atoms with E-state index in [1.165, 1.54) is 6.07 Å². The molecule has 0 aliphatic carbocycles. The lowest BCUT2D eigenvalue weighted by Crippen LogP contribution is -2.16. The van der Waals surface area contributed by atoms with Gasteiger partial charge in [0, 0.05) is 0 Å². The summed E-state index contributed by atoms with van der Waals surface area (Å²) in [5.41, 5.74) is 7.35. The van der Waals surface area contributed by atoms with Crippen molar-refractivity contribution < 1.29 is 14.3 Å². The molecule has 0 unspecified atom stereocenters. The summed E-state index contributed by atoms with van der Waals surface area (Å²) < 4.78 is 4.33. The Morgan fingerprint density at radius 1 is 1.90 bits per heavy atom. The molecular weight excluding hydrogens is 134 g/mol. The monoisotopic (exact) mass is 139 g/mol. The van der Waals surface area contributed by atoms with E-state index in [0.717, 1.165) is 0 Å².